The Labute approximate surface area is 188 Å². The second-order valence-electron chi connectivity index (χ2n) is 7.05. The zero-order valence-corrected chi connectivity index (χ0v) is 18.2. The summed E-state index contributed by atoms with van der Waals surface area (Å²) in [6, 6.07) is 14.7. The molecule has 2 heterocycles. The number of nitrogens with zero attached hydrogens (tertiary/aromatic N) is 2. The van der Waals surface area contributed by atoms with E-state index >= 15 is 0 Å². The van der Waals surface area contributed by atoms with E-state index in [4.69, 9.17) is 23.8 Å². The van der Waals surface area contributed by atoms with Crippen LogP contribution in [-0.4, -0.2) is 21.5 Å². The number of anilines is 1. The van der Waals surface area contributed by atoms with Crippen molar-refractivity contribution >= 4 is 52.5 Å². The summed E-state index contributed by atoms with van der Waals surface area (Å²) in [4.78, 5) is 27.0. The number of thiocarbonyl (C=S) groups is 1. The number of aryl methyl sites for hydroxylation is 1. The number of rotatable bonds is 3. The molecule has 2 aromatic carbocycles. The molecule has 3 aromatic rings. The van der Waals surface area contributed by atoms with Gasteiger partial charge in [-0.2, -0.15) is 0 Å². The van der Waals surface area contributed by atoms with E-state index < -0.39 is 11.8 Å². The fourth-order valence-corrected chi connectivity index (χ4v) is 4.08. The van der Waals surface area contributed by atoms with Crippen molar-refractivity contribution in [2.45, 2.75) is 13.8 Å². The van der Waals surface area contributed by atoms with E-state index in [-0.39, 0.29) is 16.5 Å². The highest BCUT2D eigenvalue weighted by molar-refractivity contribution is 7.80. The normalized spacial score (nSPS) is 15.5. The van der Waals surface area contributed by atoms with Crippen molar-refractivity contribution < 1.29 is 14.0 Å². The summed E-state index contributed by atoms with van der Waals surface area (Å²) in [5.74, 6) is -1.47. The largest absolute Gasteiger partial charge is 0.318 e. The van der Waals surface area contributed by atoms with Crippen LogP contribution in [0.3, 0.4) is 0 Å². The number of benzene rings is 2. The monoisotopic (exact) mass is 453 g/mol. The highest BCUT2D eigenvalue weighted by Crippen LogP contribution is 2.30. The Bertz CT molecular complexity index is 1260. The molecule has 4 rings (SSSR count). The van der Waals surface area contributed by atoms with Crippen molar-refractivity contribution in [3.8, 4) is 5.69 Å². The Morgan fingerprint density at radius 1 is 1.06 bits per heavy atom. The van der Waals surface area contributed by atoms with Gasteiger partial charge < -0.3 is 4.57 Å². The van der Waals surface area contributed by atoms with Gasteiger partial charge in [0.05, 0.1) is 10.7 Å². The van der Waals surface area contributed by atoms with Gasteiger partial charge in [-0.05, 0) is 80.2 Å². The Morgan fingerprint density at radius 2 is 1.74 bits per heavy atom. The molecule has 0 unspecified atom stereocenters. The molecule has 1 saturated heterocycles. The number of halogens is 2. The quantitative estimate of drug-likeness (QED) is 0.355. The molecule has 1 aromatic heterocycles. The summed E-state index contributed by atoms with van der Waals surface area (Å²) in [5, 5.41) is 2.86. The Hall–Kier alpha value is -3.29. The highest BCUT2D eigenvalue weighted by Gasteiger charge is 2.35. The number of amides is 2. The lowest BCUT2D eigenvalue weighted by Crippen LogP contribution is -2.54. The van der Waals surface area contributed by atoms with Gasteiger partial charge in [0.15, 0.2) is 5.11 Å². The fraction of sp³-hybridized carbons (Fsp3) is 0.0870. The number of para-hydroxylation sites is 1. The lowest BCUT2D eigenvalue weighted by atomic mass is 10.1. The number of hydrogen-bond acceptors (Lipinski definition) is 3. The van der Waals surface area contributed by atoms with Crippen LogP contribution in [0.15, 0.2) is 60.2 Å². The molecule has 0 bridgehead atoms. The van der Waals surface area contributed by atoms with Crippen LogP contribution < -0.4 is 10.2 Å². The maximum atomic E-state index is 13.3. The molecule has 1 aliphatic heterocycles. The average molecular weight is 454 g/mol. The van der Waals surface area contributed by atoms with Gasteiger partial charge in [-0.1, -0.05) is 23.7 Å². The van der Waals surface area contributed by atoms with E-state index in [1.165, 1.54) is 23.1 Å². The second kappa shape index (κ2) is 8.09. The van der Waals surface area contributed by atoms with E-state index in [0.717, 1.165) is 17.1 Å². The maximum absolute atomic E-state index is 13.3. The Morgan fingerprint density at radius 3 is 2.42 bits per heavy atom. The summed E-state index contributed by atoms with van der Waals surface area (Å²) in [6.07, 6.45) is 1.53. The Kier molecular flexibility index (Phi) is 5.47. The molecule has 31 heavy (non-hydrogen) atoms. The number of nitrogens with one attached hydrogen (secondary N) is 1. The van der Waals surface area contributed by atoms with Gasteiger partial charge in [-0.25, -0.2) is 4.39 Å². The van der Waals surface area contributed by atoms with E-state index in [9.17, 15) is 14.0 Å². The lowest BCUT2D eigenvalue weighted by molar-refractivity contribution is -0.122. The van der Waals surface area contributed by atoms with Gasteiger partial charge in [0.2, 0.25) is 0 Å². The van der Waals surface area contributed by atoms with Gasteiger partial charge >= 0.3 is 0 Å². The van der Waals surface area contributed by atoms with Crippen molar-refractivity contribution in [3.63, 3.8) is 0 Å². The Balaban J connectivity index is 1.77. The molecule has 1 N–H and O–H groups in total. The lowest BCUT2D eigenvalue weighted by Gasteiger charge is -2.29. The van der Waals surface area contributed by atoms with Crippen molar-refractivity contribution in [1.29, 1.82) is 0 Å². The summed E-state index contributed by atoms with van der Waals surface area (Å²) in [7, 11) is 0. The van der Waals surface area contributed by atoms with Crippen LogP contribution in [0.4, 0.5) is 10.1 Å². The minimum atomic E-state index is -0.579. The SMILES string of the molecule is Cc1cc(C=C2C(=O)NC(=S)N(c3ccccc3Cl)C2=O)c(C)n1-c1ccc(F)cc1. The summed E-state index contributed by atoms with van der Waals surface area (Å²) < 4.78 is 15.2. The first-order valence-corrected chi connectivity index (χ1v) is 10.2. The average Bonchev–Trinajstić information content (AvgIpc) is 3.00. The van der Waals surface area contributed by atoms with Crippen LogP contribution in [0.1, 0.15) is 17.0 Å². The molecule has 0 saturated carbocycles. The van der Waals surface area contributed by atoms with Crippen LogP contribution >= 0.6 is 23.8 Å². The van der Waals surface area contributed by atoms with E-state index in [1.807, 2.05) is 24.5 Å². The molecule has 0 spiro atoms. The third-order valence-electron chi connectivity index (χ3n) is 5.05. The molecular formula is C23H17ClFN3O2S. The standard InChI is InChI=1S/C23H17ClFN3O2S/c1-13-11-15(14(2)27(13)17-9-7-16(25)8-10-17)12-18-21(29)26-23(31)28(22(18)30)20-6-4-3-5-19(20)24/h3-12H,1-2H3,(H,26,29,31). The van der Waals surface area contributed by atoms with Gasteiger partial charge in [-0.15, -0.1) is 0 Å². The molecule has 156 valence electrons. The van der Waals surface area contributed by atoms with Crippen LogP contribution in [0.25, 0.3) is 11.8 Å². The van der Waals surface area contributed by atoms with Crippen LogP contribution in [0, 0.1) is 19.7 Å². The molecule has 0 atom stereocenters. The van der Waals surface area contributed by atoms with Crippen molar-refractivity contribution in [2.24, 2.45) is 0 Å². The molecule has 0 radical (unpaired) electrons. The minimum absolute atomic E-state index is 0.0305. The van der Waals surface area contributed by atoms with Crippen molar-refractivity contribution in [1.82, 2.24) is 9.88 Å². The van der Waals surface area contributed by atoms with Crippen LogP contribution in [-0.2, 0) is 9.59 Å². The van der Waals surface area contributed by atoms with Gasteiger partial charge in [-0.3, -0.25) is 19.8 Å². The third kappa shape index (κ3) is 3.78. The molecule has 1 fully saturated rings. The van der Waals surface area contributed by atoms with Crippen LogP contribution in [0.5, 0.6) is 0 Å². The first-order valence-electron chi connectivity index (χ1n) is 9.39. The van der Waals surface area contributed by atoms with E-state index in [1.54, 1.807) is 36.4 Å². The predicted molar refractivity (Wildman–Crippen MR) is 123 cm³/mol. The maximum Gasteiger partial charge on any atom is 0.270 e. The van der Waals surface area contributed by atoms with E-state index in [0.29, 0.717) is 16.3 Å². The molecule has 1 aliphatic rings. The first-order chi connectivity index (χ1) is 14.8. The number of carbonyl (C=O) groups excluding carboxylic acids is 2. The fourth-order valence-electron chi connectivity index (χ4n) is 3.59. The van der Waals surface area contributed by atoms with Gasteiger partial charge in [0, 0.05) is 17.1 Å². The summed E-state index contributed by atoms with van der Waals surface area (Å²) >= 11 is 11.5. The minimum Gasteiger partial charge on any atom is -0.318 e. The van der Waals surface area contributed by atoms with Gasteiger partial charge in [0.1, 0.15) is 11.4 Å². The number of aromatic nitrogens is 1. The third-order valence-corrected chi connectivity index (χ3v) is 5.65. The molecule has 5 nitrogen and oxygen atoms in total. The summed E-state index contributed by atoms with van der Waals surface area (Å²) in [5.41, 5.74) is 3.47. The smallest absolute Gasteiger partial charge is 0.270 e. The van der Waals surface area contributed by atoms with Crippen molar-refractivity contribution in [3.05, 3.63) is 88.0 Å². The van der Waals surface area contributed by atoms with E-state index in [2.05, 4.69) is 5.32 Å². The first kappa shape index (κ1) is 21.0. The number of hydrogen-bond donors (Lipinski definition) is 1. The zero-order chi connectivity index (χ0) is 22.3. The molecule has 2 amide bonds. The molecular weight excluding hydrogens is 437 g/mol. The predicted octanol–water partition coefficient (Wildman–Crippen LogP) is 4.72. The van der Waals surface area contributed by atoms with Crippen LogP contribution in [0.2, 0.25) is 5.02 Å². The zero-order valence-electron chi connectivity index (χ0n) is 16.6. The van der Waals surface area contributed by atoms with Gasteiger partial charge in [0.25, 0.3) is 11.8 Å². The number of carbonyl (C=O) groups is 2. The highest BCUT2D eigenvalue weighted by atomic mass is 35.5. The topological polar surface area (TPSA) is 54.3 Å². The van der Waals surface area contributed by atoms with Crippen molar-refractivity contribution in [2.75, 3.05) is 4.90 Å². The second-order valence-corrected chi connectivity index (χ2v) is 7.84. The molecule has 0 aliphatic carbocycles. The molecule has 8 heteroatoms. The summed E-state index contributed by atoms with van der Waals surface area (Å²) in [6.45, 7) is 3.76.